The van der Waals surface area contributed by atoms with Crippen LogP contribution in [0.3, 0.4) is 0 Å². The first kappa shape index (κ1) is 17.3. The van der Waals surface area contributed by atoms with E-state index in [2.05, 4.69) is 5.32 Å². The van der Waals surface area contributed by atoms with Crippen LogP contribution in [0.15, 0.2) is 29.2 Å². The predicted octanol–water partition coefficient (Wildman–Crippen LogP) is 2.07. The molecule has 0 radical (unpaired) electrons. The Balaban J connectivity index is 2.14. The Labute approximate surface area is 128 Å². The second kappa shape index (κ2) is 8.52. The van der Waals surface area contributed by atoms with Gasteiger partial charge < -0.3 is 15.5 Å². The molecule has 0 saturated heterocycles. The molecule has 0 spiro atoms. The molecule has 1 atom stereocenters. The molecule has 0 saturated carbocycles. The third-order valence-electron chi connectivity index (χ3n) is 2.64. The molecule has 0 fully saturated rings. The van der Waals surface area contributed by atoms with E-state index in [0.717, 1.165) is 17.1 Å². The zero-order valence-electron chi connectivity index (χ0n) is 11.4. The van der Waals surface area contributed by atoms with E-state index in [9.17, 15) is 9.90 Å². The highest BCUT2D eigenvalue weighted by Crippen LogP contribution is 2.21. The van der Waals surface area contributed by atoms with E-state index in [1.165, 1.54) is 6.92 Å². The summed E-state index contributed by atoms with van der Waals surface area (Å²) in [6, 6.07) is 7.58. The Morgan fingerprint density at radius 3 is 2.65 bits per heavy atom. The molecule has 20 heavy (non-hydrogen) atoms. The van der Waals surface area contributed by atoms with Gasteiger partial charge in [-0.1, -0.05) is 11.6 Å². The Kier molecular flexibility index (Phi) is 7.37. The van der Waals surface area contributed by atoms with E-state index < -0.39 is 5.60 Å². The number of carbonyl (C=O) groups is 1. The lowest BCUT2D eigenvalue weighted by molar-refractivity contribution is -0.122. The predicted molar refractivity (Wildman–Crippen MR) is 82.1 cm³/mol. The Hall–Kier alpha value is -0.750. The van der Waals surface area contributed by atoms with Crippen LogP contribution < -0.4 is 5.32 Å². The van der Waals surface area contributed by atoms with E-state index in [1.54, 1.807) is 11.8 Å². The SMILES string of the molecule is CC(O)(CO)CNC(=O)CCCSc1ccc(Cl)cc1. The van der Waals surface area contributed by atoms with E-state index in [-0.39, 0.29) is 19.1 Å². The average molecular weight is 318 g/mol. The highest BCUT2D eigenvalue weighted by Gasteiger charge is 2.19. The van der Waals surface area contributed by atoms with Crippen molar-refractivity contribution in [3.63, 3.8) is 0 Å². The number of hydrogen-bond acceptors (Lipinski definition) is 4. The largest absolute Gasteiger partial charge is 0.393 e. The van der Waals surface area contributed by atoms with Gasteiger partial charge in [-0.2, -0.15) is 0 Å². The summed E-state index contributed by atoms with van der Waals surface area (Å²) in [6.07, 6.45) is 1.16. The molecule has 1 amide bonds. The molecule has 4 nitrogen and oxygen atoms in total. The van der Waals surface area contributed by atoms with E-state index >= 15 is 0 Å². The van der Waals surface area contributed by atoms with Gasteiger partial charge in [0.05, 0.1) is 6.61 Å². The smallest absolute Gasteiger partial charge is 0.220 e. The maximum atomic E-state index is 11.5. The van der Waals surface area contributed by atoms with Gasteiger partial charge in [-0.3, -0.25) is 4.79 Å². The van der Waals surface area contributed by atoms with Gasteiger partial charge in [0, 0.05) is 22.9 Å². The van der Waals surface area contributed by atoms with Gasteiger partial charge >= 0.3 is 0 Å². The van der Waals surface area contributed by atoms with Crippen LogP contribution >= 0.6 is 23.4 Å². The van der Waals surface area contributed by atoms with Crippen molar-refractivity contribution in [3.8, 4) is 0 Å². The molecular weight excluding hydrogens is 298 g/mol. The van der Waals surface area contributed by atoms with E-state index in [0.29, 0.717) is 11.4 Å². The van der Waals surface area contributed by atoms with Crippen molar-refractivity contribution in [2.45, 2.75) is 30.3 Å². The van der Waals surface area contributed by atoms with Crippen LogP contribution in [-0.4, -0.2) is 40.6 Å². The van der Waals surface area contributed by atoms with Gasteiger partial charge in [-0.25, -0.2) is 0 Å². The minimum Gasteiger partial charge on any atom is -0.393 e. The average Bonchev–Trinajstić information content (AvgIpc) is 2.43. The summed E-state index contributed by atoms with van der Waals surface area (Å²) in [5.74, 6) is 0.723. The molecule has 1 aromatic carbocycles. The number of amides is 1. The number of aliphatic hydroxyl groups is 2. The van der Waals surface area contributed by atoms with Gasteiger partial charge in [-0.15, -0.1) is 11.8 Å². The van der Waals surface area contributed by atoms with Crippen molar-refractivity contribution >= 4 is 29.3 Å². The van der Waals surface area contributed by atoms with Crippen LogP contribution in [0.4, 0.5) is 0 Å². The topological polar surface area (TPSA) is 69.6 Å². The molecule has 0 aliphatic heterocycles. The number of carbonyl (C=O) groups excluding carboxylic acids is 1. The fourth-order valence-electron chi connectivity index (χ4n) is 1.39. The summed E-state index contributed by atoms with van der Waals surface area (Å²) in [4.78, 5) is 12.7. The molecule has 0 bridgehead atoms. The monoisotopic (exact) mass is 317 g/mol. The highest BCUT2D eigenvalue weighted by molar-refractivity contribution is 7.99. The van der Waals surface area contributed by atoms with Crippen molar-refractivity contribution in [3.05, 3.63) is 29.3 Å². The molecule has 6 heteroatoms. The number of nitrogens with one attached hydrogen (secondary N) is 1. The highest BCUT2D eigenvalue weighted by atomic mass is 35.5. The summed E-state index contributed by atoms with van der Waals surface area (Å²) in [7, 11) is 0. The Morgan fingerprint density at radius 1 is 1.40 bits per heavy atom. The molecular formula is C14H20ClNO3S. The van der Waals surface area contributed by atoms with Crippen LogP contribution in [0.25, 0.3) is 0 Å². The molecule has 0 aromatic heterocycles. The first-order valence-corrected chi connectivity index (χ1v) is 7.77. The quantitative estimate of drug-likeness (QED) is 0.507. The first-order chi connectivity index (χ1) is 9.43. The van der Waals surface area contributed by atoms with Crippen LogP contribution in [0, 0.1) is 0 Å². The summed E-state index contributed by atoms with van der Waals surface area (Å²) in [5, 5.41) is 21.7. The van der Waals surface area contributed by atoms with Crippen molar-refractivity contribution in [1.29, 1.82) is 0 Å². The number of aliphatic hydroxyl groups excluding tert-OH is 1. The van der Waals surface area contributed by atoms with E-state index in [1.807, 2.05) is 24.3 Å². The number of benzene rings is 1. The lowest BCUT2D eigenvalue weighted by Crippen LogP contribution is -2.43. The third kappa shape index (κ3) is 7.14. The summed E-state index contributed by atoms with van der Waals surface area (Å²) < 4.78 is 0. The number of hydrogen-bond donors (Lipinski definition) is 3. The number of thioether (sulfide) groups is 1. The lowest BCUT2D eigenvalue weighted by atomic mass is 10.1. The Morgan fingerprint density at radius 2 is 2.05 bits per heavy atom. The van der Waals surface area contributed by atoms with Gasteiger partial charge in [0.2, 0.25) is 5.91 Å². The molecule has 1 unspecified atom stereocenters. The second-order valence-corrected chi connectivity index (χ2v) is 6.44. The van der Waals surface area contributed by atoms with Crippen molar-refractivity contribution in [2.75, 3.05) is 18.9 Å². The zero-order valence-corrected chi connectivity index (χ0v) is 13.0. The number of rotatable bonds is 8. The molecule has 0 aliphatic carbocycles. The molecule has 1 aromatic rings. The second-order valence-electron chi connectivity index (χ2n) is 4.84. The molecule has 0 heterocycles. The van der Waals surface area contributed by atoms with Crippen molar-refractivity contribution in [1.82, 2.24) is 5.32 Å². The summed E-state index contributed by atoms with van der Waals surface area (Å²) >= 11 is 7.47. The molecule has 1 rings (SSSR count). The molecule has 0 aliphatic rings. The third-order valence-corrected chi connectivity index (χ3v) is 3.99. The summed E-state index contributed by atoms with van der Waals surface area (Å²) in [6.45, 7) is 1.16. The first-order valence-electron chi connectivity index (χ1n) is 6.41. The maximum absolute atomic E-state index is 11.5. The van der Waals surface area contributed by atoms with Gasteiger partial charge in [0.25, 0.3) is 0 Å². The minimum absolute atomic E-state index is 0.0622. The number of halogens is 1. The fraction of sp³-hybridized carbons (Fsp3) is 0.500. The van der Waals surface area contributed by atoms with Crippen LogP contribution in [-0.2, 0) is 4.79 Å². The van der Waals surface area contributed by atoms with Crippen LogP contribution in [0.5, 0.6) is 0 Å². The fourth-order valence-corrected chi connectivity index (χ4v) is 2.37. The van der Waals surface area contributed by atoms with Crippen LogP contribution in [0.2, 0.25) is 5.02 Å². The minimum atomic E-state index is -1.26. The van der Waals surface area contributed by atoms with Gasteiger partial charge in [0.15, 0.2) is 0 Å². The Bertz CT molecular complexity index is 423. The van der Waals surface area contributed by atoms with Gasteiger partial charge in [-0.05, 0) is 43.4 Å². The van der Waals surface area contributed by atoms with Crippen LogP contribution in [0.1, 0.15) is 19.8 Å². The van der Waals surface area contributed by atoms with Crippen molar-refractivity contribution in [2.24, 2.45) is 0 Å². The van der Waals surface area contributed by atoms with E-state index in [4.69, 9.17) is 16.7 Å². The lowest BCUT2D eigenvalue weighted by Gasteiger charge is -2.20. The molecule has 112 valence electrons. The standard InChI is InChI=1S/C14H20ClNO3S/c1-14(19,10-17)9-16-13(18)3-2-8-20-12-6-4-11(15)5-7-12/h4-7,17,19H,2-3,8-10H2,1H3,(H,16,18). The van der Waals surface area contributed by atoms with Gasteiger partial charge in [0.1, 0.15) is 5.60 Å². The normalized spacial score (nSPS) is 13.8. The summed E-state index contributed by atoms with van der Waals surface area (Å²) in [5.41, 5.74) is -1.26. The zero-order chi connectivity index (χ0) is 15.0. The van der Waals surface area contributed by atoms with Crippen molar-refractivity contribution < 1.29 is 15.0 Å². The maximum Gasteiger partial charge on any atom is 0.220 e. The molecule has 3 N–H and O–H groups in total.